The molecule has 3 N–H and O–H groups in total. The molecule has 0 bridgehead atoms. The zero-order valence-corrected chi connectivity index (χ0v) is 21.6. The molecular weight excluding hydrogens is 488 g/mol. The molecule has 2 aliphatic heterocycles. The average molecular weight is 523 g/mol. The highest BCUT2D eigenvalue weighted by Gasteiger charge is 2.32. The van der Waals surface area contributed by atoms with Crippen LogP contribution in [0, 0.1) is 24.2 Å². The maximum atomic E-state index is 13.5. The molecule has 2 saturated heterocycles. The topological polar surface area (TPSA) is 151 Å². The van der Waals surface area contributed by atoms with Crippen molar-refractivity contribution in [3.8, 4) is 6.07 Å². The molecular formula is C27H34N6O5. The van der Waals surface area contributed by atoms with Gasteiger partial charge < -0.3 is 30.0 Å². The summed E-state index contributed by atoms with van der Waals surface area (Å²) in [5.41, 5.74) is 1.27. The lowest BCUT2D eigenvalue weighted by atomic mass is 10.1. The van der Waals surface area contributed by atoms with Gasteiger partial charge >= 0.3 is 0 Å². The van der Waals surface area contributed by atoms with E-state index in [1.54, 1.807) is 21.9 Å². The summed E-state index contributed by atoms with van der Waals surface area (Å²) in [6.07, 6.45) is 3.84. The summed E-state index contributed by atoms with van der Waals surface area (Å²) >= 11 is 0. The molecule has 38 heavy (non-hydrogen) atoms. The number of nitriles is 1. The van der Waals surface area contributed by atoms with E-state index in [1.165, 1.54) is 0 Å². The van der Waals surface area contributed by atoms with Gasteiger partial charge in [-0.3, -0.25) is 19.4 Å². The fraction of sp³-hybridized carbons (Fsp3) is 0.519. The third-order valence-corrected chi connectivity index (χ3v) is 6.82. The Labute approximate surface area is 221 Å². The summed E-state index contributed by atoms with van der Waals surface area (Å²) in [6, 6.07) is 8.35. The van der Waals surface area contributed by atoms with Gasteiger partial charge in [-0.05, 0) is 63.3 Å². The van der Waals surface area contributed by atoms with Gasteiger partial charge in [0.05, 0.1) is 19.2 Å². The van der Waals surface area contributed by atoms with Crippen LogP contribution in [0.15, 0.2) is 33.7 Å². The number of nitrogens with one attached hydrogen (secondary N) is 2. The number of aliphatic imine (C=N–C) groups is 1. The highest BCUT2D eigenvalue weighted by atomic mass is 16.3. The molecule has 0 spiro atoms. The van der Waals surface area contributed by atoms with Gasteiger partial charge in [0.2, 0.25) is 17.7 Å². The predicted molar refractivity (Wildman–Crippen MR) is 141 cm³/mol. The number of anilines is 1. The number of amidine groups is 1. The van der Waals surface area contributed by atoms with E-state index >= 15 is 0 Å². The van der Waals surface area contributed by atoms with Crippen molar-refractivity contribution in [2.24, 2.45) is 10.9 Å². The number of furan rings is 1. The molecule has 4 rings (SSSR count). The second-order valence-electron chi connectivity index (χ2n) is 9.69. The van der Waals surface area contributed by atoms with Crippen molar-refractivity contribution in [2.45, 2.75) is 45.1 Å². The molecule has 2 atom stereocenters. The number of carbonyl (C=O) groups is 3. The molecule has 2 aliphatic rings. The molecule has 3 amide bonds. The Morgan fingerprint density at radius 3 is 2.71 bits per heavy atom. The number of carbonyl (C=O) groups excluding carboxylic acids is 3. The van der Waals surface area contributed by atoms with Gasteiger partial charge in [0, 0.05) is 37.3 Å². The van der Waals surface area contributed by atoms with E-state index in [-0.39, 0.29) is 37.3 Å². The summed E-state index contributed by atoms with van der Waals surface area (Å²) in [5, 5.41) is 25.5. The SMILES string of the molecule is Cc1cc2cc(NC(=N[C@H]3CCCCN(CC(=O)N4CCCC4)C3=O)C(C#N)C(=O)NCCO)ccc2o1. The summed E-state index contributed by atoms with van der Waals surface area (Å²) in [6.45, 7) is 3.44. The predicted octanol–water partition coefficient (Wildman–Crippen LogP) is 1.80. The molecule has 0 saturated carbocycles. The number of aliphatic hydroxyl groups is 1. The number of fused-ring (bicyclic) bond motifs is 1. The van der Waals surface area contributed by atoms with Crippen molar-refractivity contribution in [1.82, 2.24) is 15.1 Å². The maximum absolute atomic E-state index is 13.5. The number of nitrogens with zero attached hydrogens (tertiary/aromatic N) is 4. The Morgan fingerprint density at radius 2 is 1.97 bits per heavy atom. The van der Waals surface area contributed by atoms with E-state index in [2.05, 4.69) is 15.6 Å². The number of hydrogen-bond acceptors (Lipinski definition) is 7. The first-order valence-electron chi connectivity index (χ1n) is 13.1. The molecule has 1 aromatic heterocycles. The van der Waals surface area contributed by atoms with Crippen LogP contribution in [-0.4, -0.2) is 83.8 Å². The zero-order valence-electron chi connectivity index (χ0n) is 21.6. The van der Waals surface area contributed by atoms with Crippen LogP contribution in [0.5, 0.6) is 0 Å². The molecule has 3 heterocycles. The van der Waals surface area contributed by atoms with E-state index in [9.17, 15) is 19.6 Å². The number of aliphatic hydroxyl groups excluding tert-OH is 1. The van der Waals surface area contributed by atoms with E-state index in [0.717, 1.165) is 36.8 Å². The molecule has 0 aliphatic carbocycles. The number of benzene rings is 1. The van der Waals surface area contributed by atoms with Crippen molar-refractivity contribution in [2.75, 3.05) is 44.6 Å². The van der Waals surface area contributed by atoms with E-state index in [4.69, 9.17) is 9.52 Å². The number of hydrogen-bond donors (Lipinski definition) is 3. The van der Waals surface area contributed by atoms with E-state index in [1.807, 2.05) is 25.1 Å². The summed E-state index contributed by atoms with van der Waals surface area (Å²) in [7, 11) is 0. The zero-order chi connectivity index (χ0) is 27.1. The molecule has 11 heteroatoms. The molecule has 2 fully saturated rings. The van der Waals surface area contributed by atoms with E-state index < -0.39 is 17.9 Å². The Bertz CT molecular complexity index is 1240. The Hall–Kier alpha value is -3.91. The minimum Gasteiger partial charge on any atom is -0.461 e. The molecule has 0 radical (unpaired) electrons. The van der Waals surface area contributed by atoms with Gasteiger partial charge in [-0.25, -0.2) is 0 Å². The van der Waals surface area contributed by atoms with Crippen LogP contribution in [-0.2, 0) is 14.4 Å². The van der Waals surface area contributed by atoms with Crippen molar-refractivity contribution in [3.05, 3.63) is 30.0 Å². The third-order valence-electron chi connectivity index (χ3n) is 6.82. The molecule has 1 unspecified atom stereocenters. The van der Waals surface area contributed by atoms with Gasteiger partial charge in [-0.2, -0.15) is 5.26 Å². The second kappa shape index (κ2) is 12.6. The van der Waals surface area contributed by atoms with Gasteiger partial charge in [-0.15, -0.1) is 0 Å². The standard InChI is InChI=1S/C27H34N6O5/c1-18-14-19-15-20(7-8-23(19)38-18)30-25(21(16-28)26(36)29-9-13-34)31-22-6-2-3-12-33(27(22)37)17-24(35)32-10-4-5-11-32/h7-8,14-15,21-22,34H,2-6,9-13,17H2,1H3,(H,29,36)(H,30,31)/t21?,22-/m0/s1. The Kier molecular flexibility index (Phi) is 8.97. The molecule has 11 nitrogen and oxygen atoms in total. The van der Waals surface area contributed by atoms with Crippen LogP contribution < -0.4 is 10.6 Å². The monoisotopic (exact) mass is 522 g/mol. The van der Waals surface area contributed by atoms with Crippen LogP contribution in [0.25, 0.3) is 11.0 Å². The summed E-state index contributed by atoms with van der Waals surface area (Å²) in [5.74, 6) is -1.54. The third kappa shape index (κ3) is 6.50. The number of rotatable bonds is 8. The van der Waals surface area contributed by atoms with Crippen LogP contribution in [0.1, 0.15) is 37.9 Å². The number of aryl methyl sites for hydroxylation is 1. The van der Waals surface area contributed by atoms with Crippen molar-refractivity contribution in [1.29, 1.82) is 5.26 Å². The molecule has 2 aromatic rings. The summed E-state index contributed by atoms with van der Waals surface area (Å²) < 4.78 is 5.63. The van der Waals surface area contributed by atoms with E-state index in [0.29, 0.717) is 37.3 Å². The van der Waals surface area contributed by atoms with Crippen molar-refractivity contribution in [3.63, 3.8) is 0 Å². The largest absolute Gasteiger partial charge is 0.461 e. The van der Waals surface area contributed by atoms with Crippen molar-refractivity contribution < 1.29 is 23.9 Å². The first-order chi connectivity index (χ1) is 18.4. The van der Waals surface area contributed by atoms with Crippen molar-refractivity contribution >= 4 is 40.2 Å². The quantitative estimate of drug-likeness (QED) is 0.353. The molecule has 202 valence electrons. The van der Waals surface area contributed by atoms with Crippen LogP contribution in [0.2, 0.25) is 0 Å². The van der Waals surface area contributed by atoms with Crippen LogP contribution >= 0.6 is 0 Å². The minimum atomic E-state index is -1.33. The van der Waals surface area contributed by atoms with Gasteiger partial charge in [0.15, 0.2) is 5.92 Å². The summed E-state index contributed by atoms with van der Waals surface area (Å²) in [4.78, 5) is 47.0. The maximum Gasteiger partial charge on any atom is 0.247 e. The van der Waals surface area contributed by atoms with Gasteiger partial charge in [0.1, 0.15) is 23.2 Å². The Balaban J connectivity index is 1.61. The van der Waals surface area contributed by atoms with Crippen LogP contribution in [0.4, 0.5) is 5.69 Å². The van der Waals surface area contributed by atoms with Crippen LogP contribution in [0.3, 0.4) is 0 Å². The minimum absolute atomic E-state index is 0.00277. The highest BCUT2D eigenvalue weighted by Crippen LogP contribution is 2.24. The Morgan fingerprint density at radius 1 is 1.21 bits per heavy atom. The lowest BCUT2D eigenvalue weighted by Gasteiger charge is -2.25. The second-order valence-corrected chi connectivity index (χ2v) is 9.69. The lowest BCUT2D eigenvalue weighted by Crippen LogP contribution is -2.45. The smallest absolute Gasteiger partial charge is 0.247 e. The number of likely N-dealkylation sites (tertiary alicyclic amines) is 2. The highest BCUT2D eigenvalue weighted by molar-refractivity contribution is 6.12. The lowest BCUT2D eigenvalue weighted by molar-refractivity contribution is -0.140. The van der Waals surface area contributed by atoms with Gasteiger partial charge in [0.25, 0.3) is 0 Å². The molecule has 1 aromatic carbocycles. The first-order valence-corrected chi connectivity index (χ1v) is 13.1. The van der Waals surface area contributed by atoms with Gasteiger partial charge in [-0.1, -0.05) is 0 Å². The fourth-order valence-electron chi connectivity index (χ4n) is 4.87. The average Bonchev–Trinajstić information content (AvgIpc) is 3.53. The fourth-order valence-corrected chi connectivity index (χ4v) is 4.87. The first kappa shape index (κ1) is 27.1. The number of amides is 3. The normalized spacial score (nSPS) is 19.2.